The van der Waals surface area contributed by atoms with E-state index in [0.717, 1.165) is 28.0 Å². The number of ether oxygens (including phenoxy) is 2. The van der Waals surface area contributed by atoms with E-state index in [1.807, 2.05) is 61.5 Å². The predicted molar refractivity (Wildman–Crippen MR) is 153 cm³/mol. The van der Waals surface area contributed by atoms with Gasteiger partial charge in [-0.05, 0) is 67.9 Å². The minimum atomic E-state index is -0.574. The molecule has 0 bridgehead atoms. The van der Waals surface area contributed by atoms with Crippen molar-refractivity contribution >= 4 is 35.0 Å². The van der Waals surface area contributed by atoms with Crippen LogP contribution in [0.15, 0.2) is 77.8 Å². The lowest BCUT2D eigenvalue weighted by Crippen LogP contribution is -2.23. The summed E-state index contributed by atoms with van der Waals surface area (Å²) in [6, 6.07) is 24.8. The van der Waals surface area contributed by atoms with Crippen molar-refractivity contribution in [2.45, 2.75) is 24.1 Å². The van der Waals surface area contributed by atoms with Crippen molar-refractivity contribution in [3.05, 3.63) is 88.9 Å². The molecule has 1 amide bonds. The fraction of sp³-hybridized carbons (Fsp3) is 0.167. The Hall–Kier alpha value is -3.99. The number of halogens is 1. The summed E-state index contributed by atoms with van der Waals surface area (Å²) in [6.07, 6.45) is 0. The van der Waals surface area contributed by atoms with E-state index in [1.165, 1.54) is 18.9 Å². The molecular weight excluding hydrogens is 518 g/mol. The Bertz CT molecular complexity index is 1500. The van der Waals surface area contributed by atoms with E-state index in [-0.39, 0.29) is 5.91 Å². The summed E-state index contributed by atoms with van der Waals surface area (Å²) >= 11 is 7.34. The fourth-order valence-electron chi connectivity index (χ4n) is 3.82. The van der Waals surface area contributed by atoms with Crippen LogP contribution in [0.4, 0.5) is 5.69 Å². The van der Waals surface area contributed by atoms with Gasteiger partial charge in [0.25, 0.3) is 0 Å². The van der Waals surface area contributed by atoms with E-state index in [1.54, 1.807) is 32.2 Å². The molecule has 4 aromatic rings. The minimum Gasteiger partial charge on any atom is -0.497 e. The Balaban J connectivity index is 1.73. The Morgan fingerprint density at radius 1 is 1.00 bits per heavy atom. The highest BCUT2D eigenvalue weighted by Crippen LogP contribution is 2.37. The second-order valence-electron chi connectivity index (χ2n) is 8.54. The summed E-state index contributed by atoms with van der Waals surface area (Å²) in [5, 5.41) is 13.4. The molecule has 0 radical (unpaired) electrons. The maximum atomic E-state index is 13.2. The number of aryl methyl sites for hydroxylation is 1. The van der Waals surface area contributed by atoms with Crippen LogP contribution in [0.2, 0.25) is 5.02 Å². The van der Waals surface area contributed by atoms with Gasteiger partial charge in [0.2, 0.25) is 5.91 Å². The number of hydrogen-bond acceptors (Lipinski definition) is 6. The van der Waals surface area contributed by atoms with Gasteiger partial charge in [0.1, 0.15) is 22.6 Å². The molecule has 1 heterocycles. The molecule has 4 rings (SSSR count). The van der Waals surface area contributed by atoms with Gasteiger partial charge in [0, 0.05) is 16.1 Å². The SMILES string of the molecule is COc1ccc(-c2cc(-c3ccc(C)cc3)c(C#N)c(SC(C)C(=O)Nc3cc(Cl)ccc3OC)n2)cc1. The van der Waals surface area contributed by atoms with Crippen molar-refractivity contribution in [3.63, 3.8) is 0 Å². The summed E-state index contributed by atoms with van der Waals surface area (Å²) in [5.74, 6) is 0.962. The van der Waals surface area contributed by atoms with Crippen molar-refractivity contribution < 1.29 is 14.3 Å². The first-order valence-electron chi connectivity index (χ1n) is 11.8. The molecule has 8 heteroatoms. The minimum absolute atomic E-state index is 0.270. The molecule has 38 heavy (non-hydrogen) atoms. The second-order valence-corrected chi connectivity index (χ2v) is 10.3. The molecule has 1 atom stereocenters. The topological polar surface area (TPSA) is 84.2 Å². The number of rotatable bonds is 8. The molecule has 0 spiro atoms. The van der Waals surface area contributed by atoms with Crippen LogP contribution in [0, 0.1) is 18.3 Å². The molecule has 192 valence electrons. The lowest BCUT2D eigenvalue weighted by Gasteiger charge is -2.17. The monoisotopic (exact) mass is 543 g/mol. The number of anilines is 1. The predicted octanol–water partition coefficient (Wildman–Crippen LogP) is 7.39. The average molecular weight is 544 g/mol. The van der Waals surface area contributed by atoms with E-state index >= 15 is 0 Å². The number of aromatic nitrogens is 1. The van der Waals surface area contributed by atoms with Gasteiger partial charge >= 0.3 is 0 Å². The zero-order valence-corrected chi connectivity index (χ0v) is 23.0. The molecule has 0 aliphatic rings. The van der Waals surface area contributed by atoms with E-state index in [2.05, 4.69) is 11.4 Å². The van der Waals surface area contributed by atoms with Crippen LogP contribution in [0.3, 0.4) is 0 Å². The van der Waals surface area contributed by atoms with Crippen LogP contribution in [0.25, 0.3) is 22.4 Å². The van der Waals surface area contributed by atoms with Gasteiger partial charge in [0.05, 0.1) is 36.4 Å². The number of carbonyl (C=O) groups is 1. The first-order valence-corrected chi connectivity index (χ1v) is 13.1. The number of methoxy groups -OCH3 is 2. The number of amides is 1. The third-order valence-electron chi connectivity index (χ3n) is 5.92. The first kappa shape index (κ1) is 27.1. The Labute approximate surface area is 231 Å². The number of pyridine rings is 1. The lowest BCUT2D eigenvalue weighted by molar-refractivity contribution is -0.115. The van der Waals surface area contributed by atoms with Gasteiger partial charge < -0.3 is 14.8 Å². The average Bonchev–Trinajstić information content (AvgIpc) is 2.93. The van der Waals surface area contributed by atoms with Crippen LogP contribution in [-0.4, -0.2) is 30.4 Å². The fourth-order valence-corrected chi connectivity index (χ4v) is 4.92. The van der Waals surface area contributed by atoms with Crippen LogP contribution < -0.4 is 14.8 Å². The first-order chi connectivity index (χ1) is 18.3. The van der Waals surface area contributed by atoms with Gasteiger partial charge in [-0.25, -0.2) is 4.98 Å². The zero-order chi connectivity index (χ0) is 27.2. The van der Waals surface area contributed by atoms with Gasteiger partial charge in [0.15, 0.2) is 0 Å². The number of nitrogens with one attached hydrogen (secondary N) is 1. The van der Waals surface area contributed by atoms with Crippen molar-refractivity contribution in [1.29, 1.82) is 5.26 Å². The van der Waals surface area contributed by atoms with Crippen molar-refractivity contribution in [2.75, 3.05) is 19.5 Å². The molecule has 0 aliphatic carbocycles. The van der Waals surface area contributed by atoms with Crippen LogP contribution in [0.1, 0.15) is 18.1 Å². The van der Waals surface area contributed by atoms with Crippen molar-refractivity contribution in [2.24, 2.45) is 0 Å². The van der Waals surface area contributed by atoms with Gasteiger partial charge in [-0.3, -0.25) is 4.79 Å². The third kappa shape index (κ3) is 6.10. The quantitative estimate of drug-likeness (QED) is 0.233. The Kier molecular flexibility index (Phi) is 8.57. The molecule has 1 unspecified atom stereocenters. The van der Waals surface area contributed by atoms with Crippen LogP contribution in [0.5, 0.6) is 11.5 Å². The Morgan fingerprint density at radius 3 is 2.32 bits per heavy atom. The number of carbonyl (C=O) groups excluding carboxylic acids is 1. The maximum absolute atomic E-state index is 13.2. The number of benzene rings is 3. The second kappa shape index (κ2) is 12.0. The molecule has 1 aromatic heterocycles. The summed E-state index contributed by atoms with van der Waals surface area (Å²) < 4.78 is 10.6. The summed E-state index contributed by atoms with van der Waals surface area (Å²) in [7, 11) is 3.14. The van der Waals surface area contributed by atoms with Gasteiger partial charge in [-0.15, -0.1) is 0 Å². The lowest BCUT2D eigenvalue weighted by atomic mass is 9.98. The molecule has 6 nitrogen and oxygen atoms in total. The standard InChI is InChI=1S/C30H26ClN3O3S/c1-18-5-7-20(8-6-18)24-16-26(21-9-12-23(36-3)13-10-21)34-30(25(24)17-32)38-19(2)29(35)33-27-15-22(31)11-14-28(27)37-4/h5-16,19H,1-4H3,(H,33,35). The maximum Gasteiger partial charge on any atom is 0.237 e. The molecule has 1 N–H and O–H groups in total. The molecule has 0 saturated heterocycles. The highest BCUT2D eigenvalue weighted by atomic mass is 35.5. The summed E-state index contributed by atoms with van der Waals surface area (Å²) in [4.78, 5) is 18.0. The molecule has 3 aromatic carbocycles. The van der Waals surface area contributed by atoms with Crippen molar-refractivity contribution in [3.8, 4) is 40.0 Å². The smallest absolute Gasteiger partial charge is 0.237 e. The third-order valence-corrected chi connectivity index (χ3v) is 7.24. The number of nitriles is 1. The van der Waals surface area contributed by atoms with E-state index in [4.69, 9.17) is 26.1 Å². The summed E-state index contributed by atoms with van der Waals surface area (Å²) in [6.45, 7) is 3.78. The highest BCUT2D eigenvalue weighted by Gasteiger charge is 2.22. The molecule has 0 saturated carbocycles. The number of thioether (sulfide) groups is 1. The summed E-state index contributed by atoms with van der Waals surface area (Å²) in [5.41, 5.74) is 5.20. The molecular formula is C30H26ClN3O3S. The normalized spacial score (nSPS) is 11.4. The van der Waals surface area contributed by atoms with Gasteiger partial charge in [-0.2, -0.15) is 5.26 Å². The Morgan fingerprint density at radius 2 is 1.68 bits per heavy atom. The zero-order valence-electron chi connectivity index (χ0n) is 21.4. The van der Waals surface area contributed by atoms with E-state index < -0.39 is 5.25 Å². The molecule has 0 fully saturated rings. The van der Waals surface area contributed by atoms with E-state index in [0.29, 0.717) is 32.7 Å². The van der Waals surface area contributed by atoms with Crippen molar-refractivity contribution in [1.82, 2.24) is 4.98 Å². The van der Waals surface area contributed by atoms with Gasteiger partial charge in [-0.1, -0.05) is 53.2 Å². The highest BCUT2D eigenvalue weighted by molar-refractivity contribution is 8.00. The van der Waals surface area contributed by atoms with Crippen LogP contribution in [-0.2, 0) is 4.79 Å². The number of nitrogens with zero attached hydrogens (tertiary/aromatic N) is 2. The largest absolute Gasteiger partial charge is 0.497 e. The van der Waals surface area contributed by atoms with E-state index in [9.17, 15) is 10.1 Å². The molecule has 0 aliphatic heterocycles. The van der Waals surface area contributed by atoms with Crippen LogP contribution >= 0.6 is 23.4 Å². The number of hydrogen-bond donors (Lipinski definition) is 1.